The van der Waals surface area contributed by atoms with Crippen LogP contribution < -0.4 is 5.56 Å². The smallest absolute Gasteiger partial charge is 0.261 e. The molecule has 0 atom stereocenters. The SMILES string of the molecule is O=c1c2ccccc2nc(/C=C/c2ccccc2)n1CCc1cc(O)ccc1O. The highest BCUT2D eigenvalue weighted by molar-refractivity contribution is 5.79. The monoisotopic (exact) mass is 384 g/mol. The molecule has 0 radical (unpaired) electrons. The van der Waals surface area contributed by atoms with E-state index in [-0.39, 0.29) is 17.1 Å². The fourth-order valence-corrected chi connectivity index (χ4v) is 3.27. The van der Waals surface area contributed by atoms with Crippen molar-refractivity contribution in [2.75, 3.05) is 0 Å². The summed E-state index contributed by atoms with van der Waals surface area (Å²) >= 11 is 0. The van der Waals surface area contributed by atoms with E-state index in [4.69, 9.17) is 0 Å². The Hall–Kier alpha value is -3.86. The van der Waals surface area contributed by atoms with Crippen molar-refractivity contribution in [3.05, 3.63) is 100 Å². The molecule has 5 nitrogen and oxygen atoms in total. The molecule has 4 aromatic rings. The molecular weight excluding hydrogens is 364 g/mol. The molecule has 4 rings (SSSR count). The van der Waals surface area contributed by atoms with Crippen LogP contribution in [0.3, 0.4) is 0 Å². The molecule has 0 spiro atoms. The van der Waals surface area contributed by atoms with Crippen molar-refractivity contribution < 1.29 is 10.2 Å². The zero-order valence-corrected chi connectivity index (χ0v) is 15.7. The maximum absolute atomic E-state index is 13.1. The lowest BCUT2D eigenvalue weighted by molar-refractivity contribution is 0.451. The molecule has 29 heavy (non-hydrogen) atoms. The van der Waals surface area contributed by atoms with Gasteiger partial charge in [-0.05, 0) is 54.0 Å². The second-order valence-corrected chi connectivity index (χ2v) is 6.75. The molecule has 0 amide bonds. The molecule has 1 heterocycles. The molecule has 0 saturated heterocycles. The standard InChI is InChI=1S/C24H20N2O3/c27-19-11-12-22(28)18(16-19)14-15-26-23(13-10-17-6-2-1-3-7-17)25-21-9-5-4-8-20(21)24(26)29/h1-13,16,27-28H,14-15H2/b13-10+. The Balaban J connectivity index is 1.76. The van der Waals surface area contributed by atoms with Crippen LogP contribution in [-0.4, -0.2) is 19.8 Å². The molecule has 0 aliphatic heterocycles. The Morgan fingerprint density at radius 2 is 1.66 bits per heavy atom. The average Bonchev–Trinajstić information content (AvgIpc) is 2.75. The van der Waals surface area contributed by atoms with Crippen molar-refractivity contribution in [2.24, 2.45) is 0 Å². The van der Waals surface area contributed by atoms with E-state index in [0.29, 0.717) is 35.3 Å². The van der Waals surface area contributed by atoms with E-state index in [1.54, 1.807) is 10.6 Å². The number of aryl methyl sites for hydroxylation is 1. The molecular formula is C24H20N2O3. The van der Waals surface area contributed by atoms with Gasteiger partial charge in [0.25, 0.3) is 5.56 Å². The highest BCUT2D eigenvalue weighted by Crippen LogP contribution is 2.23. The highest BCUT2D eigenvalue weighted by atomic mass is 16.3. The van der Waals surface area contributed by atoms with Crippen molar-refractivity contribution in [1.29, 1.82) is 0 Å². The van der Waals surface area contributed by atoms with Crippen molar-refractivity contribution in [3.8, 4) is 11.5 Å². The number of aromatic hydroxyl groups is 2. The fourth-order valence-electron chi connectivity index (χ4n) is 3.27. The summed E-state index contributed by atoms with van der Waals surface area (Å²) in [5.41, 5.74) is 2.08. The van der Waals surface area contributed by atoms with Crippen LogP contribution in [0.5, 0.6) is 11.5 Å². The summed E-state index contributed by atoms with van der Waals surface area (Å²) in [6.45, 7) is 0.322. The Morgan fingerprint density at radius 3 is 2.48 bits per heavy atom. The molecule has 0 unspecified atom stereocenters. The van der Waals surface area contributed by atoms with Crippen LogP contribution in [-0.2, 0) is 13.0 Å². The molecule has 0 saturated carbocycles. The minimum Gasteiger partial charge on any atom is -0.508 e. The van der Waals surface area contributed by atoms with Crippen molar-refractivity contribution >= 4 is 23.1 Å². The summed E-state index contributed by atoms with van der Waals surface area (Å²) in [4.78, 5) is 17.8. The molecule has 1 aromatic heterocycles. The Morgan fingerprint density at radius 1 is 0.897 bits per heavy atom. The van der Waals surface area contributed by atoms with Crippen molar-refractivity contribution in [2.45, 2.75) is 13.0 Å². The van der Waals surface area contributed by atoms with E-state index in [1.165, 1.54) is 18.2 Å². The minimum absolute atomic E-state index is 0.0750. The minimum atomic E-state index is -0.136. The van der Waals surface area contributed by atoms with Gasteiger partial charge < -0.3 is 10.2 Å². The lowest BCUT2D eigenvalue weighted by Gasteiger charge is -2.12. The first-order valence-corrected chi connectivity index (χ1v) is 9.35. The summed E-state index contributed by atoms with van der Waals surface area (Å²) in [7, 11) is 0. The van der Waals surface area contributed by atoms with Gasteiger partial charge in [0.1, 0.15) is 17.3 Å². The molecule has 0 aliphatic rings. The second-order valence-electron chi connectivity index (χ2n) is 6.75. The Kier molecular flexibility index (Phi) is 5.12. The number of fused-ring (bicyclic) bond motifs is 1. The summed E-state index contributed by atoms with van der Waals surface area (Å²) in [5, 5.41) is 20.3. The van der Waals surface area contributed by atoms with Gasteiger partial charge in [0.2, 0.25) is 0 Å². The maximum Gasteiger partial charge on any atom is 0.261 e. The van der Waals surface area contributed by atoms with E-state index >= 15 is 0 Å². The van der Waals surface area contributed by atoms with Gasteiger partial charge in [-0.1, -0.05) is 48.5 Å². The van der Waals surface area contributed by atoms with Crippen LogP contribution in [0.4, 0.5) is 0 Å². The number of phenols is 2. The van der Waals surface area contributed by atoms with Gasteiger partial charge in [-0.3, -0.25) is 9.36 Å². The van der Waals surface area contributed by atoms with E-state index in [0.717, 1.165) is 5.56 Å². The van der Waals surface area contributed by atoms with Crippen molar-refractivity contribution in [1.82, 2.24) is 9.55 Å². The van der Waals surface area contributed by atoms with E-state index in [9.17, 15) is 15.0 Å². The van der Waals surface area contributed by atoms with Crippen molar-refractivity contribution in [3.63, 3.8) is 0 Å². The summed E-state index contributed by atoms with van der Waals surface area (Å²) in [6, 6.07) is 21.4. The Labute approximate surface area is 167 Å². The molecule has 0 aliphatic carbocycles. The lowest BCUT2D eigenvalue weighted by Crippen LogP contribution is -2.25. The number of hydrogen-bond donors (Lipinski definition) is 2. The number of benzene rings is 3. The molecule has 5 heteroatoms. The first kappa shape index (κ1) is 18.5. The molecule has 2 N–H and O–H groups in total. The van der Waals surface area contributed by atoms with Crippen LogP contribution in [0.25, 0.3) is 23.1 Å². The molecule has 3 aromatic carbocycles. The zero-order chi connectivity index (χ0) is 20.2. The van der Waals surface area contributed by atoms with Gasteiger partial charge in [-0.15, -0.1) is 0 Å². The predicted octanol–water partition coefficient (Wildman–Crippen LogP) is 4.22. The molecule has 0 bridgehead atoms. The van der Waals surface area contributed by atoms with Crippen LogP contribution in [0, 0.1) is 0 Å². The summed E-state index contributed by atoms with van der Waals surface area (Å²) < 4.78 is 1.60. The lowest BCUT2D eigenvalue weighted by atomic mass is 10.1. The first-order valence-electron chi connectivity index (χ1n) is 9.35. The third-order valence-corrected chi connectivity index (χ3v) is 4.78. The number of hydrogen-bond acceptors (Lipinski definition) is 4. The highest BCUT2D eigenvalue weighted by Gasteiger charge is 2.11. The normalized spacial score (nSPS) is 11.3. The number of rotatable bonds is 5. The van der Waals surface area contributed by atoms with Gasteiger partial charge >= 0.3 is 0 Å². The van der Waals surface area contributed by atoms with Crippen LogP contribution in [0.1, 0.15) is 17.0 Å². The number of phenolic OH excluding ortho intramolecular Hbond substituents is 2. The van der Waals surface area contributed by atoms with Gasteiger partial charge in [-0.25, -0.2) is 4.98 Å². The first-order chi connectivity index (χ1) is 14.1. The van der Waals surface area contributed by atoms with Crippen LogP contribution in [0.15, 0.2) is 77.6 Å². The Bertz CT molecular complexity index is 1240. The summed E-state index contributed by atoms with van der Waals surface area (Å²) in [6.07, 6.45) is 4.12. The number of nitrogens with zero attached hydrogens (tertiary/aromatic N) is 2. The van der Waals surface area contributed by atoms with E-state index in [2.05, 4.69) is 4.98 Å². The van der Waals surface area contributed by atoms with Gasteiger partial charge in [0.05, 0.1) is 10.9 Å². The van der Waals surface area contributed by atoms with E-state index < -0.39 is 0 Å². The predicted molar refractivity (Wildman–Crippen MR) is 115 cm³/mol. The van der Waals surface area contributed by atoms with Crippen LogP contribution in [0.2, 0.25) is 0 Å². The third kappa shape index (κ3) is 4.04. The molecule has 144 valence electrons. The second kappa shape index (κ2) is 8.02. The van der Waals surface area contributed by atoms with E-state index in [1.807, 2.05) is 60.7 Å². The van der Waals surface area contributed by atoms with Gasteiger partial charge in [-0.2, -0.15) is 0 Å². The molecule has 0 fully saturated rings. The maximum atomic E-state index is 13.1. The third-order valence-electron chi connectivity index (χ3n) is 4.78. The van der Waals surface area contributed by atoms with Gasteiger partial charge in [0.15, 0.2) is 0 Å². The topological polar surface area (TPSA) is 75.4 Å². The fraction of sp³-hybridized carbons (Fsp3) is 0.0833. The zero-order valence-electron chi connectivity index (χ0n) is 15.7. The summed E-state index contributed by atoms with van der Waals surface area (Å²) in [5.74, 6) is 0.703. The number of aromatic nitrogens is 2. The van der Waals surface area contributed by atoms with Crippen LogP contribution >= 0.6 is 0 Å². The average molecular weight is 384 g/mol. The van der Waals surface area contributed by atoms with Gasteiger partial charge in [0, 0.05) is 6.54 Å². The number of para-hydroxylation sites is 1. The largest absolute Gasteiger partial charge is 0.508 e. The quantitative estimate of drug-likeness (QED) is 0.505.